The zero-order valence-corrected chi connectivity index (χ0v) is 11.8. The van der Waals surface area contributed by atoms with Gasteiger partial charge in [0.05, 0.1) is 23.0 Å². The van der Waals surface area contributed by atoms with E-state index in [-0.39, 0.29) is 0 Å². The molecule has 0 fully saturated rings. The van der Waals surface area contributed by atoms with Gasteiger partial charge < -0.3 is 5.32 Å². The maximum Gasteiger partial charge on any atom is 0.0844 e. The predicted molar refractivity (Wildman–Crippen MR) is 75.0 cm³/mol. The highest BCUT2D eigenvalue weighted by Gasteiger charge is 2.09. The minimum Gasteiger partial charge on any atom is -0.316 e. The van der Waals surface area contributed by atoms with E-state index in [9.17, 15) is 0 Å². The lowest BCUT2D eigenvalue weighted by Crippen LogP contribution is -2.07. The highest BCUT2D eigenvalue weighted by molar-refractivity contribution is 6.31. The standard InChI is InChI=1S/C14H18ClN3/c1-10-14(15)11(2)18(17-10)9-13-6-4-5-12(7-13)8-16-3/h4-7,16H,8-9H2,1-3H3. The molecule has 0 amide bonds. The van der Waals surface area contributed by atoms with Gasteiger partial charge in [-0.1, -0.05) is 35.9 Å². The molecule has 0 atom stereocenters. The maximum atomic E-state index is 6.15. The molecule has 4 heteroatoms. The molecule has 0 aliphatic rings. The van der Waals surface area contributed by atoms with Crippen molar-refractivity contribution in [2.24, 2.45) is 0 Å². The van der Waals surface area contributed by atoms with Gasteiger partial charge in [-0.3, -0.25) is 4.68 Å². The number of nitrogens with one attached hydrogen (secondary N) is 1. The van der Waals surface area contributed by atoms with Crippen LogP contribution in [0.2, 0.25) is 5.02 Å². The van der Waals surface area contributed by atoms with Gasteiger partial charge in [0.1, 0.15) is 0 Å². The third-order valence-corrected chi connectivity index (χ3v) is 3.54. The molecule has 0 radical (unpaired) electrons. The minimum atomic E-state index is 0.761. The summed E-state index contributed by atoms with van der Waals surface area (Å²) in [6, 6.07) is 8.51. The van der Waals surface area contributed by atoms with Crippen LogP contribution in [0.5, 0.6) is 0 Å². The first kappa shape index (κ1) is 13.1. The summed E-state index contributed by atoms with van der Waals surface area (Å²) < 4.78 is 1.95. The van der Waals surface area contributed by atoms with Crippen LogP contribution in [-0.4, -0.2) is 16.8 Å². The second kappa shape index (κ2) is 5.55. The van der Waals surface area contributed by atoms with Crippen LogP contribution in [-0.2, 0) is 13.1 Å². The summed E-state index contributed by atoms with van der Waals surface area (Å²) >= 11 is 6.15. The molecule has 2 rings (SSSR count). The number of nitrogens with zero attached hydrogens (tertiary/aromatic N) is 2. The van der Waals surface area contributed by atoms with Crippen molar-refractivity contribution in [3.8, 4) is 0 Å². The summed E-state index contributed by atoms with van der Waals surface area (Å²) in [7, 11) is 1.95. The quantitative estimate of drug-likeness (QED) is 0.919. The van der Waals surface area contributed by atoms with Gasteiger partial charge in [0, 0.05) is 6.54 Å². The van der Waals surface area contributed by atoms with Crippen molar-refractivity contribution >= 4 is 11.6 Å². The Bertz CT molecular complexity index is 546. The Morgan fingerprint density at radius 2 is 2.00 bits per heavy atom. The van der Waals surface area contributed by atoms with E-state index < -0.39 is 0 Å². The van der Waals surface area contributed by atoms with Crippen molar-refractivity contribution in [3.63, 3.8) is 0 Å². The summed E-state index contributed by atoms with van der Waals surface area (Å²) in [5.74, 6) is 0. The Hall–Kier alpha value is -1.32. The zero-order chi connectivity index (χ0) is 13.1. The number of hydrogen-bond acceptors (Lipinski definition) is 2. The first-order valence-electron chi connectivity index (χ1n) is 6.03. The molecule has 1 aromatic carbocycles. The van der Waals surface area contributed by atoms with Crippen molar-refractivity contribution in [1.82, 2.24) is 15.1 Å². The monoisotopic (exact) mass is 263 g/mol. The van der Waals surface area contributed by atoms with Crippen molar-refractivity contribution in [3.05, 3.63) is 51.8 Å². The Balaban J connectivity index is 2.23. The highest BCUT2D eigenvalue weighted by Crippen LogP contribution is 2.20. The Morgan fingerprint density at radius 3 is 2.61 bits per heavy atom. The van der Waals surface area contributed by atoms with Crippen molar-refractivity contribution in [2.45, 2.75) is 26.9 Å². The second-order valence-corrected chi connectivity index (χ2v) is 4.87. The van der Waals surface area contributed by atoms with Crippen molar-refractivity contribution in [1.29, 1.82) is 0 Å². The lowest BCUT2D eigenvalue weighted by molar-refractivity contribution is 0.658. The predicted octanol–water partition coefficient (Wildman–Crippen LogP) is 2.92. The maximum absolute atomic E-state index is 6.15. The van der Waals surface area contributed by atoms with Gasteiger partial charge in [-0.25, -0.2) is 0 Å². The number of hydrogen-bond donors (Lipinski definition) is 1. The average Bonchev–Trinajstić information content (AvgIpc) is 2.58. The van der Waals surface area contributed by atoms with E-state index in [1.165, 1.54) is 11.1 Å². The van der Waals surface area contributed by atoms with Crippen LogP contribution in [0.15, 0.2) is 24.3 Å². The fraction of sp³-hybridized carbons (Fsp3) is 0.357. The molecule has 0 spiro atoms. The molecular weight excluding hydrogens is 246 g/mol. The molecule has 0 aliphatic heterocycles. The molecular formula is C14H18ClN3. The average molecular weight is 264 g/mol. The van der Waals surface area contributed by atoms with E-state index in [1.807, 2.05) is 25.6 Å². The minimum absolute atomic E-state index is 0.761. The number of aromatic nitrogens is 2. The van der Waals surface area contributed by atoms with E-state index in [2.05, 4.69) is 34.7 Å². The fourth-order valence-electron chi connectivity index (χ4n) is 2.04. The highest BCUT2D eigenvalue weighted by atomic mass is 35.5. The van der Waals surface area contributed by atoms with E-state index >= 15 is 0 Å². The van der Waals surface area contributed by atoms with Crippen LogP contribution in [0, 0.1) is 13.8 Å². The molecule has 3 nitrogen and oxygen atoms in total. The third kappa shape index (κ3) is 2.74. The molecule has 0 bridgehead atoms. The van der Waals surface area contributed by atoms with E-state index in [1.54, 1.807) is 0 Å². The third-order valence-electron chi connectivity index (χ3n) is 3.00. The van der Waals surface area contributed by atoms with Crippen LogP contribution in [0.1, 0.15) is 22.5 Å². The lowest BCUT2D eigenvalue weighted by atomic mass is 10.1. The molecule has 1 aromatic heterocycles. The SMILES string of the molecule is CNCc1cccc(Cn2nc(C)c(Cl)c2C)c1. The first-order chi connectivity index (χ1) is 8.61. The molecule has 2 aromatic rings. The fourth-order valence-corrected chi connectivity index (χ4v) is 2.18. The number of benzene rings is 1. The number of aryl methyl sites for hydroxylation is 1. The molecule has 18 heavy (non-hydrogen) atoms. The first-order valence-corrected chi connectivity index (χ1v) is 6.41. The topological polar surface area (TPSA) is 29.9 Å². The van der Waals surface area contributed by atoms with E-state index in [0.29, 0.717) is 0 Å². The van der Waals surface area contributed by atoms with E-state index in [0.717, 1.165) is 29.5 Å². The van der Waals surface area contributed by atoms with Crippen LogP contribution in [0.3, 0.4) is 0 Å². The summed E-state index contributed by atoms with van der Waals surface area (Å²) in [6.45, 7) is 5.58. The normalized spacial score (nSPS) is 10.9. The Morgan fingerprint density at radius 1 is 1.28 bits per heavy atom. The Labute approximate surface area is 113 Å². The molecule has 96 valence electrons. The van der Waals surface area contributed by atoms with Gasteiger partial charge in [-0.05, 0) is 32.0 Å². The summed E-state index contributed by atoms with van der Waals surface area (Å²) in [5.41, 5.74) is 4.43. The second-order valence-electron chi connectivity index (χ2n) is 4.49. The molecule has 0 saturated heterocycles. The molecule has 0 unspecified atom stereocenters. The molecule has 0 aliphatic carbocycles. The summed E-state index contributed by atoms with van der Waals surface area (Å²) in [4.78, 5) is 0. The molecule has 1 N–H and O–H groups in total. The van der Waals surface area contributed by atoms with Gasteiger partial charge >= 0.3 is 0 Å². The van der Waals surface area contributed by atoms with Gasteiger partial charge in [0.2, 0.25) is 0 Å². The molecule has 0 saturated carbocycles. The van der Waals surface area contributed by atoms with Gasteiger partial charge in [0.25, 0.3) is 0 Å². The molecule has 1 heterocycles. The Kier molecular flexibility index (Phi) is 4.04. The van der Waals surface area contributed by atoms with Crippen LogP contribution >= 0.6 is 11.6 Å². The van der Waals surface area contributed by atoms with Crippen molar-refractivity contribution < 1.29 is 0 Å². The van der Waals surface area contributed by atoms with Crippen molar-refractivity contribution in [2.75, 3.05) is 7.05 Å². The summed E-state index contributed by atoms with van der Waals surface area (Å²) in [5, 5.41) is 8.37. The van der Waals surface area contributed by atoms with Gasteiger partial charge in [0.15, 0.2) is 0 Å². The number of rotatable bonds is 4. The number of halogens is 1. The van der Waals surface area contributed by atoms with E-state index in [4.69, 9.17) is 11.6 Å². The van der Waals surface area contributed by atoms with Crippen LogP contribution < -0.4 is 5.32 Å². The van der Waals surface area contributed by atoms with Gasteiger partial charge in [-0.15, -0.1) is 0 Å². The lowest BCUT2D eigenvalue weighted by Gasteiger charge is -2.07. The van der Waals surface area contributed by atoms with Gasteiger partial charge in [-0.2, -0.15) is 5.10 Å². The summed E-state index contributed by atoms with van der Waals surface area (Å²) in [6.07, 6.45) is 0. The van der Waals surface area contributed by atoms with Crippen LogP contribution in [0.25, 0.3) is 0 Å². The smallest absolute Gasteiger partial charge is 0.0844 e. The zero-order valence-electron chi connectivity index (χ0n) is 11.0. The largest absolute Gasteiger partial charge is 0.316 e. The van der Waals surface area contributed by atoms with Crippen LogP contribution in [0.4, 0.5) is 0 Å².